The molecule has 0 heterocycles. The number of rotatable bonds is 0. The molecule has 0 aliphatic carbocycles. The van der Waals surface area contributed by atoms with Crippen LogP contribution in [0.3, 0.4) is 0 Å². The molecule has 0 unspecified atom stereocenters. The molecule has 0 bridgehead atoms. The molecule has 0 atom stereocenters. The quantitative estimate of drug-likeness (QED) is 0.652. The lowest BCUT2D eigenvalue weighted by Crippen LogP contribution is -2.07. The molecule has 0 aliphatic rings. The molecule has 1 rings (SSSR count). The standard InChI is InChI=1S/C8H7ClF3N/c1-4-6(13)3-2-5(7(4)9)8(10,11)12/h2-3H,13H2,1H3. The fourth-order valence-electron chi connectivity index (χ4n) is 0.919. The minimum absolute atomic E-state index is 0.261. The first kappa shape index (κ1) is 10.2. The lowest BCUT2D eigenvalue weighted by molar-refractivity contribution is -0.137. The summed E-state index contributed by atoms with van der Waals surface area (Å²) in [4.78, 5) is 0. The van der Waals surface area contributed by atoms with Crippen molar-refractivity contribution in [2.24, 2.45) is 0 Å². The van der Waals surface area contributed by atoms with E-state index in [-0.39, 0.29) is 16.3 Å². The average molecular weight is 210 g/mol. The summed E-state index contributed by atoms with van der Waals surface area (Å²) >= 11 is 5.48. The normalized spacial score (nSPS) is 11.8. The van der Waals surface area contributed by atoms with Gasteiger partial charge in [0.05, 0.1) is 10.6 Å². The highest BCUT2D eigenvalue weighted by Gasteiger charge is 2.33. The van der Waals surface area contributed by atoms with Crippen LogP contribution in [0.4, 0.5) is 18.9 Å². The number of hydrogen-bond acceptors (Lipinski definition) is 1. The van der Waals surface area contributed by atoms with Crippen LogP contribution in [-0.4, -0.2) is 0 Å². The van der Waals surface area contributed by atoms with Crippen molar-refractivity contribution < 1.29 is 13.2 Å². The van der Waals surface area contributed by atoms with Gasteiger partial charge in [-0.2, -0.15) is 13.2 Å². The van der Waals surface area contributed by atoms with Gasteiger partial charge in [0.1, 0.15) is 0 Å². The van der Waals surface area contributed by atoms with Gasteiger partial charge in [-0.3, -0.25) is 0 Å². The molecule has 0 aliphatic heterocycles. The van der Waals surface area contributed by atoms with Gasteiger partial charge < -0.3 is 5.73 Å². The summed E-state index contributed by atoms with van der Waals surface area (Å²) in [6, 6.07) is 2.08. The number of hydrogen-bond donors (Lipinski definition) is 1. The van der Waals surface area contributed by atoms with Gasteiger partial charge in [-0.1, -0.05) is 11.6 Å². The molecule has 1 aromatic carbocycles. The Morgan fingerprint density at radius 3 is 2.31 bits per heavy atom. The predicted molar refractivity (Wildman–Crippen MR) is 45.6 cm³/mol. The molecule has 72 valence electrons. The Kier molecular flexibility index (Phi) is 2.43. The van der Waals surface area contributed by atoms with Crippen molar-refractivity contribution in [1.29, 1.82) is 0 Å². The molecule has 5 heteroatoms. The van der Waals surface area contributed by atoms with Gasteiger partial charge in [-0.15, -0.1) is 0 Å². The van der Waals surface area contributed by atoms with Crippen LogP contribution in [0.2, 0.25) is 5.02 Å². The maximum atomic E-state index is 12.2. The smallest absolute Gasteiger partial charge is 0.398 e. The zero-order valence-electron chi connectivity index (χ0n) is 6.74. The van der Waals surface area contributed by atoms with E-state index in [2.05, 4.69) is 0 Å². The van der Waals surface area contributed by atoms with Crippen molar-refractivity contribution in [3.05, 3.63) is 28.3 Å². The van der Waals surface area contributed by atoms with E-state index in [1.165, 1.54) is 13.0 Å². The Morgan fingerprint density at radius 2 is 1.85 bits per heavy atom. The van der Waals surface area contributed by atoms with Gasteiger partial charge in [0, 0.05) is 5.69 Å². The topological polar surface area (TPSA) is 26.0 Å². The van der Waals surface area contributed by atoms with Gasteiger partial charge in [0.25, 0.3) is 0 Å². The second-order valence-corrected chi connectivity index (χ2v) is 3.02. The molecule has 0 saturated carbocycles. The van der Waals surface area contributed by atoms with Crippen LogP contribution in [-0.2, 0) is 6.18 Å². The molecule has 0 spiro atoms. The van der Waals surface area contributed by atoms with Gasteiger partial charge in [-0.05, 0) is 24.6 Å². The van der Waals surface area contributed by atoms with Crippen molar-refractivity contribution in [3.8, 4) is 0 Å². The third-order valence-corrected chi connectivity index (χ3v) is 2.22. The monoisotopic (exact) mass is 209 g/mol. The van der Waals surface area contributed by atoms with Crippen LogP contribution in [0.15, 0.2) is 12.1 Å². The second kappa shape index (κ2) is 3.10. The molecule has 0 fully saturated rings. The van der Waals surface area contributed by atoms with Crippen molar-refractivity contribution in [2.75, 3.05) is 5.73 Å². The summed E-state index contributed by atoms with van der Waals surface area (Å²) in [6.45, 7) is 1.45. The summed E-state index contributed by atoms with van der Waals surface area (Å²) in [5.41, 5.74) is 5.06. The van der Waals surface area contributed by atoms with E-state index in [1.807, 2.05) is 0 Å². The molecule has 1 nitrogen and oxygen atoms in total. The van der Waals surface area contributed by atoms with Crippen LogP contribution < -0.4 is 5.73 Å². The van der Waals surface area contributed by atoms with Gasteiger partial charge >= 0.3 is 6.18 Å². The van der Waals surface area contributed by atoms with Crippen molar-refractivity contribution >= 4 is 17.3 Å². The predicted octanol–water partition coefficient (Wildman–Crippen LogP) is 3.25. The Hall–Kier alpha value is -0.900. The number of benzene rings is 1. The molecule has 0 amide bonds. The highest BCUT2D eigenvalue weighted by Crippen LogP contribution is 2.37. The summed E-state index contributed by atoms with van der Waals surface area (Å²) in [7, 11) is 0. The van der Waals surface area contributed by atoms with Crippen LogP contribution in [0.25, 0.3) is 0 Å². The number of nitrogen functional groups attached to an aromatic ring is 1. The Balaban J connectivity index is 3.35. The average Bonchev–Trinajstić information content (AvgIpc) is 1.98. The third-order valence-electron chi connectivity index (χ3n) is 1.73. The first-order chi connectivity index (χ1) is 5.84. The largest absolute Gasteiger partial charge is 0.417 e. The summed E-state index contributed by atoms with van der Waals surface area (Å²) < 4.78 is 36.7. The summed E-state index contributed by atoms with van der Waals surface area (Å²) in [5.74, 6) is 0. The zero-order chi connectivity index (χ0) is 10.2. The van der Waals surface area contributed by atoms with E-state index in [1.54, 1.807) is 0 Å². The number of alkyl halides is 3. The fraction of sp³-hybridized carbons (Fsp3) is 0.250. The summed E-state index contributed by atoms with van der Waals surface area (Å²) in [6.07, 6.45) is -4.42. The van der Waals surface area contributed by atoms with E-state index in [9.17, 15) is 13.2 Å². The maximum absolute atomic E-state index is 12.2. The van der Waals surface area contributed by atoms with Gasteiger partial charge in [-0.25, -0.2) is 0 Å². The van der Waals surface area contributed by atoms with E-state index in [4.69, 9.17) is 17.3 Å². The van der Waals surface area contributed by atoms with Crippen LogP contribution in [0, 0.1) is 6.92 Å². The lowest BCUT2D eigenvalue weighted by Gasteiger charge is -2.11. The first-order valence-corrected chi connectivity index (χ1v) is 3.83. The maximum Gasteiger partial charge on any atom is 0.417 e. The minimum Gasteiger partial charge on any atom is -0.398 e. The molecule has 0 radical (unpaired) electrons. The third kappa shape index (κ3) is 1.88. The van der Waals surface area contributed by atoms with Crippen molar-refractivity contribution in [1.82, 2.24) is 0 Å². The zero-order valence-corrected chi connectivity index (χ0v) is 7.50. The SMILES string of the molecule is Cc1c(N)ccc(C(F)(F)F)c1Cl. The highest BCUT2D eigenvalue weighted by molar-refractivity contribution is 6.32. The molecular weight excluding hydrogens is 203 g/mol. The lowest BCUT2D eigenvalue weighted by atomic mass is 10.1. The van der Waals surface area contributed by atoms with E-state index in [0.29, 0.717) is 0 Å². The minimum atomic E-state index is -4.42. The first-order valence-electron chi connectivity index (χ1n) is 3.46. The van der Waals surface area contributed by atoms with Crippen LogP contribution in [0.1, 0.15) is 11.1 Å². The van der Waals surface area contributed by atoms with Gasteiger partial charge in [0.2, 0.25) is 0 Å². The molecule has 1 aromatic rings. The molecule has 0 aromatic heterocycles. The van der Waals surface area contributed by atoms with Gasteiger partial charge in [0.15, 0.2) is 0 Å². The molecule has 2 N–H and O–H groups in total. The summed E-state index contributed by atoms with van der Waals surface area (Å²) in [5, 5.41) is -0.326. The van der Waals surface area contributed by atoms with E-state index in [0.717, 1.165) is 6.07 Å². The molecule has 0 saturated heterocycles. The Morgan fingerprint density at radius 1 is 1.31 bits per heavy atom. The number of anilines is 1. The van der Waals surface area contributed by atoms with Crippen LogP contribution in [0.5, 0.6) is 0 Å². The number of halogens is 4. The highest BCUT2D eigenvalue weighted by atomic mass is 35.5. The van der Waals surface area contributed by atoms with Crippen molar-refractivity contribution in [2.45, 2.75) is 13.1 Å². The van der Waals surface area contributed by atoms with E-state index < -0.39 is 11.7 Å². The Bertz CT molecular complexity index is 333. The van der Waals surface area contributed by atoms with Crippen molar-refractivity contribution in [3.63, 3.8) is 0 Å². The van der Waals surface area contributed by atoms with E-state index >= 15 is 0 Å². The molecule has 13 heavy (non-hydrogen) atoms. The van der Waals surface area contributed by atoms with Crippen LogP contribution >= 0.6 is 11.6 Å². The molecular formula is C8H7ClF3N. The fourth-order valence-corrected chi connectivity index (χ4v) is 1.20. The Labute approximate surface area is 78.3 Å². The number of nitrogens with two attached hydrogens (primary N) is 1. The second-order valence-electron chi connectivity index (χ2n) is 2.64.